The lowest BCUT2D eigenvalue weighted by molar-refractivity contribution is 0.0946. The van der Waals surface area contributed by atoms with Crippen molar-refractivity contribution in [3.63, 3.8) is 0 Å². The molecule has 0 bridgehead atoms. The summed E-state index contributed by atoms with van der Waals surface area (Å²) in [6.07, 6.45) is 1.98. The number of carbonyl (C=O) groups excluding carboxylic acids is 1. The highest BCUT2D eigenvalue weighted by Gasteiger charge is 2.26. The van der Waals surface area contributed by atoms with E-state index in [0.717, 1.165) is 12.8 Å². The van der Waals surface area contributed by atoms with Crippen LogP contribution in [0, 0.1) is 5.82 Å². The predicted molar refractivity (Wildman–Crippen MR) is 62.3 cm³/mol. The SMILES string of the molecule is O=C(NC1CC1)c1c(F)cc(Br)cc1Br. The summed E-state index contributed by atoms with van der Waals surface area (Å²) in [5.41, 5.74) is 0.0742. The molecule has 0 spiro atoms. The molecule has 0 aliphatic heterocycles. The van der Waals surface area contributed by atoms with Crippen molar-refractivity contribution < 1.29 is 9.18 Å². The van der Waals surface area contributed by atoms with Crippen LogP contribution in [0.5, 0.6) is 0 Å². The third-order valence-electron chi connectivity index (χ3n) is 2.15. The van der Waals surface area contributed by atoms with Crippen LogP contribution in [-0.2, 0) is 0 Å². The molecule has 1 saturated carbocycles. The van der Waals surface area contributed by atoms with Gasteiger partial charge >= 0.3 is 0 Å². The Morgan fingerprint density at radius 2 is 2.07 bits per heavy atom. The Balaban J connectivity index is 2.29. The number of hydrogen-bond donors (Lipinski definition) is 1. The summed E-state index contributed by atoms with van der Waals surface area (Å²) in [5, 5.41) is 2.75. The van der Waals surface area contributed by atoms with E-state index in [2.05, 4.69) is 37.2 Å². The van der Waals surface area contributed by atoms with Gasteiger partial charge in [-0.25, -0.2) is 4.39 Å². The fourth-order valence-electron chi connectivity index (χ4n) is 1.24. The number of hydrogen-bond acceptors (Lipinski definition) is 1. The molecule has 2 nitrogen and oxygen atoms in total. The van der Waals surface area contributed by atoms with E-state index in [1.54, 1.807) is 6.07 Å². The first-order valence-corrected chi connectivity index (χ1v) is 6.12. The highest BCUT2D eigenvalue weighted by Crippen LogP contribution is 2.26. The van der Waals surface area contributed by atoms with Gasteiger partial charge in [0.1, 0.15) is 5.82 Å². The van der Waals surface area contributed by atoms with Crippen LogP contribution in [0.25, 0.3) is 0 Å². The Morgan fingerprint density at radius 1 is 1.40 bits per heavy atom. The summed E-state index contributed by atoms with van der Waals surface area (Å²) < 4.78 is 14.6. The minimum absolute atomic E-state index is 0.0742. The van der Waals surface area contributed by atoms with Crippen molar-refractivity contribution in [1.29, 1.82) is 0 Å². The normalized spacial score (nSPS) is 15.1. The van der Waals surface area contributed by atoms with E-state index in [1.165, 1.54) is 6.07 Å². The zero-order valence-electron chi connectivity index (χ0n) is 7.69. The number of halogens is 3. The molecule has 5 heteroatoms. The molecule has 1 amide bonds. The second kappa shape index (κ2) is 4.22. The Labute approximate surface area is 103 Å². The molecule has 80 valence electrons. The lowest BCUT2D eigenvalue weighted by atomic mass is 10.2. The standard InChI is InChI=1S/C10H8Br2FNO/c11-5-3-7(12)9(8(13)4-5)10(15)14-6-1-2-6/h3-4,6H,1-2H2,(H,14,15). The minimum atomic E-state index is -0.519. The molecular weight excluding hydrogens is 329 g/mol. The average molecular weight is 337 g/mol. The van der Waals surface area contributed by atoms with Gasteiger partial charge < -0.3 is 5.32 Å². The molecule has 15 heavy (non-hydrogen) atoms. The summed E-state index contributed by atoms with van der Waals surface area (Å²) in [4.78, 5) is 11.7. The number of amides is 1. The topological polar surface area (TPSA) is 29.1 Å². The highest BCUT2D eigenvalue weighted by molar-refractivity contribution is 9.11. The van der Waals surface area contributed by atoms with E-state index in [1.807, 2.05) is 0 Å². The van der Waals surface area contributed by atoms with Gasteiger partial charge in [-0.05, 0) is 40.9 Å². The monoisotopic (exact) mass is 335 g/mol. The molecule has 0 atom stereocenters. The van der Waals surface area contributed by atoms with Gasteiger partial charge in [-0.3, -0.25) is 4.79 Å². The van der Waals surface area contributed by atoms with E-state index in [0.29, 0.717) is 8.95 Å². The molecule has 1 aliphatic carbocycles. The smallest absolute Gasteiger partial charge is 0.255 e. The summed E-state index contributed by atoms with van der Waals surface area (Å²) in [6.45, 7) is 0. The third-order valence-corrected chi connectivity index (χ3v) is 3.23. The molecule has 0 heterocycles. The lowest BCUT2D eigenvalue weighted by Gasteiger charge is -2.07. The molecule has 0 radical (unpaired) electrons. The fraction of sp³-hybridized carbons (Fsp3) is 0.300. The second-order valence-corrected chi connectivity index (χ2v) is 5.26. The maximum atomic E-state index is 13.5. The van der Waals surface area contributed by atoms with Crippen LogP contribution < -0.4 is 5.32 Å². The molecular formula is C10H8Br2FNO. The summed E-state index contributed by atoms with van der Waals surface area (Å²) in [7, 11) is 0. The summed E-state index contributed by atoms with van der Waals surface area (Å²) in [5.74, 6) is -0.872. The van der Waals surface area contributed by atoms with Gasteiger partial charge in [0.05, 0.1) is 5.56 Å². The Bertz CT molecular complexity index is 395. The van der Waals surface area contributed by atoms with Crippen molar-refractivity contribution >= 4 is 37.8 Å². The van der Waals surface area contributed by atoms with Crippen molar-refractivity contribution in [3.05, 3.63) is 32.5 Å². The van der Waals surface area contributed by atoms with Crippen molar-refractivity contribution in [3.8, 4) is 0 Å². The van der Waals surface area contributed by atoms with Crippen molar-refractivity contribution in [2.24, 2.45) is 0 Å². The van der Waals surface area contributed by atoms with Gasteiger partial charge in [0, 0.05) is 15.0 Å². The molecule has 1 fully saturated rings. The summed E-state index contributed by atoms with van der Waals surface area (Å²) in [6, 6.07) is 3.17. The molecule has 0 saturated heterocycles. The van der Waals surface area contributed by atoms with E-state index < -0.39 is 5.82 Å². The number of benzene rings is 1. The zero-order chi connectivity index (χ0) is 11.0. The maximum Gasteiger partial charge on any atom is 0.255 e. The molecule has 1 aromatic carbocycles. The van der Waals surface area contributed by atoms with E-state index in [-0.39, 0.29) is 17.5 Å². The van der Waals surface area contributed by atoms with Gasteiger partial charge in [0.15, 0.2) is 0 Å². The van der Waals surface area contributed by atoms with Gasteiger partial charge in [0.25, 0.3) is 5.91 Å². The van der Waals surface area contributed by atoms with Crippen LogP contribution in [0.3, 0.4) is 0 Å². The average Bonchev–Trinajstić information content (AvgIpc) is 2.85. The highest BCUT2D eigenvalue weighted by atomic mass is 79.9. The number of nitrogens with one attached hydrogen (secondary N) is 1. The van der Waals surface area contributed by atoms with Crippen LogP contribution in [0.2, 0.25) is 0 Å². The molecule has 0 unspecified atom stereocenters. The lowest BCUT2D eigenvalue weighted by Crippen LogP contribution is -2.26. The zero-order valence-corrected chi connectivity index (χ0v) is 10.9. The van der Waals surface area contributed by atoms with Crippen molar-refractivity contribution in [2.75, 3.05) is 0 Å². The predicted octanol–water partition coefficient (Wildman–Crippen LogP) is 3.24. The molecule has 2 rings (SSSR count). The van der Waals surface area contributed by atoms with Gasteiger partial charge in [0.2, 0.25) is 0 Å². The molecule has 0 aromatic heterocycles. The second-order valence-electron chi connectivity index (χ2n) is 3.49. The van der Waals surface area contributed by atoms with E-state index >= 15 is 0 Å². The fourth-order valence-corrected chi connectivity index (χ4v) is 2.60. The largest absolute Gasteiger partial charge is 0.349 e. The van der Waals surface area contributed by atoms with Crippen molar-refractivity contribution in [1.82, 2.24) is 5.32 Å². The first kappa shape index (κ1) is 11.1. The van der Waals surface area contributed by atoms with Crippen LogP contribution in [0.15, 0.2) is 21.1 Å². The number of carbonyl (C=O) groups is 1. The third kappa shape index (κ3) is 2.58. The molecule has 1 N–H and O–H groups in total. The minimum Gasteiger partial charge on any atom is -0.349 e. The molecule has 1 aliphatic rings. The van der Waals surface area contributed by atoms with Gasteiger partial charge in [-0.1, -0.05) is 15.9 Å². The Hall–Kier alpha value is -0.420. The first-order valence-electron chi connectivity index (χ1n) is 4.53. The van der Waals surface area contributed by atoms with Crippen LogP contribution in [0.1, 0.15) is 23.2 Å². The molecule has 1 aromatic rings. The van der Waals surface area contributed by atoms with Crippen LogP contribution in [0.4, 0.5) is 4.39 Å². The Morgan fingerprint density at radius 3 is 2.60 bits per heavy atom. The van der Waals surface area contributed by atoms with E-state index in [4.69, 9.17) is 0 Å². The van der Waals surface area contributed by atoms with Gasteiger partial charge in [-0.2, -0.15) is 0 Å². The maximum absolute atomic E-state index is 13.5. The van der Waals surface area contributed by atoms with Gasteiger partial charge in [-0.15, -0.1) is 0 Å². The quantitative estimate of drug-likeness (QED) is 0.882. The van der Waals surface area contributed by atoms with Crippen LogP contribution in [-0.4, -0.2) is 11.9 Å². The van der Waals surface area contributed by atoms with Crippen LogP contribution >= 0.6 is 31.9 Å². The number of rotatable bonds is 2. The van der Waals surface area contributed by atoms with E-state index in [9.17, 15) is 9.18 Å². The van der Waals surface area contributed by atoms with Crippen molar-refractivity contribution in [2.45, 2.75) is 18.9 Å². The summed E-state index contributed by atoms with van der Waals surface area (Å²) >= 11 is 6.34. The first-order chi connectivity index (χ1) is 7.08. The Kier molecular flexibility index (Phi) is 3.11.